The Morgan fingerprint density at radius 1 is 0.968 bits per heavy atom. The summed E-state index contributed by atoms with van der Waals surface area (Å²) in [6.07, 6.45) is -0.656. The average Bonchev–Trinajstić information content (AvgIpc) is 2.69. The number of aliphatic hydroxyl groups is 1. The van der Waals surface area contributed by atoms with E-state index in [9.17, 15) is 24.3 Å². The van der Waals surface area contributed by atoms with E-state index in [1.807, 2.05) is 0 Å². The fourth-order valence-electron chi connectivity index (χ4n) is 2.23. The van der Waals surface area contributed by atoms with Gasteiger partial charge in [-0.2, -0.15) is 25.3 Å². The van der Waals surface area contributed by atoms with Gasteiger partial charge >= 0.3 is 5.97 Å². The van der Waals surface area contributed by atoms with Crippen molar-refractivity contribution < 1.29 is 29.4 Å². The van der Waals surface area contributed by atoms with E-state index < -0.39 is 54.0 Å². The zero-order valence-electron chi connectivity index (χ0n) is 17.0. The molecule has 0 aliphatic carbocycles. The minimum Gasteiger partial charge on any atom is -0.480 e. The number of amides is 3. The number of carbonyl (C=O) groups excluding carboxylic acids is 3. The Kier molecular flexibility index (Phi) is 13.7. The Balaban J connectivity index is 4.87. The van der Waals surface area contributed by atoms with Crippen LogP contribution < -0.4 is 33.2 Å². The summed E-state index contributed by atoms with van der Waals surface area (Å²) in [4.78, 5) is 51.8. The van der Waals surface area contributed by atoms with Crippen LogP contribution in [0.1, 0.15) is 19.8 Å². The van der Waals surface area contributed by atoms with Crippen LogP contribution in [0, 0.1) is 0 Å². The smallest absolute Gasteiger partial charge is 0.328 e. The van der Waals surface area contributed by atoms with Gasteiger partial charge in [0.15, 0.2) is 12.0 Å². The van der Waals surface area contributed by atoms with Crippen LogP contribution in [0.15, 0.2) is 4.99 Å². The van der Waals surface area contributed by atoms with Crippen molar-refractivity contribution in [3.8, 4) is 0 Å². The highest BCUT2D eigenvalue weighted by molar-refractivity contribution is 7.80. The first-order valence-electron chi connectivity index (χ1n) is 9.29. The molecule has 0 radical (unpaired) electrons. The third kappa shape index (κ3) is 11.1. The molecule has 0 aliphatic rings. The van der Waals surface area contributed by atoms with Crippen LogP contribution in [0.25, 0.3) is 0 Å². The number of nitrogens with two attached hydrogens (primary N) is 3. The number of hydrogen-bond acceptors (Lipinski definition) is 9. The van der Waals surface area contributed by atoms with Gasteiger partial charge in [0.25, 0.3) is 0 Å². The van der Waals surface area contributed by atoms with Gasteiger partial charge in [0.2, 0.25) is 17.7 Å². The molecule has 15 heteroatoms. The summed E-state index contributed by atoms with van der Waals surface area (Å²) < 4.78 is 0. The molecule has 0 aromatic heterocycles. The third-order valence-corrected chi connectivity index (χ3v) is 4.71. The predicted molar refractivity (Wildman–Crippen MR) is 121 cm³/mol. The Hall–Kier alpha value is -2.23. The van der Waals surface area contributed by atoms with Gasteiger partial charge in [-0.25, -0.2) is 4.79 Å². The van der Waals surface area contributed by atoms with Crippen LogP contribution >= 0.6 is 25.3 Å². The predicted octanol–water partition coefficient (Wildman–Crippen LogP) is -3.85. The van der Waals surface area contributed by atoms with Crippen molar-refractivity contribution in [3.05, 3.63) is 0 Å². The van der Waals surface area contributed by atoms with Crippen LogP contribution in [-0.4, -0.2) is 88.2 Å². The maximum absolute atomic E-state index is 12.5. The highest BCUT2D eigenvalue weighted by Crippen LogP contribution is 2.00. The molecule has 178 valence electrons. The van der Waals surface area contributed by atoms with Crippen LogP contribution in [-0.2, 0) is 19.2 Å². The zero-order valence-corrected chi connectivity index (χ0v) is 18.8. The summed E-state index contributed by atoms with van der Waals surface area (Å²) in [5, 5.41) is 25.4. The Bertz CT molecular complexity index is 660. The number of rotatable bonds is 14. The number of aliphatic hydroxyl groups excluding tert-OH is 1. The van der Waals surface area contributed by atoms with Crippen molar-refractivity contribution in [2.75, 3.05) is 18.1 Å². The third-order valence-electron chi connectivity index (χ3n) is 3.98. The summed E-state index contributed by atoms with van der Waals surface area (Å²) in [6, 6.07) is -4.81. The van der Waals surface area contributed by atoms with Crippen molar-refractivity contribution in [2.45, 2.75) is 50.0 Å². The highest BCUT2D eigenvalue weighted by Gasteiger charge is 2.30. The van der Waals surface area contributed by atoms with Crippen LogP contribution in [0.2, 0.25) is 0 Å². The number of carboxylic acids is 1. The van der Waals surface area contributed by atoms with Crippen LogP contribution in [0.4, 0.5) is 0 Å². The van der Waals surface area contributed by atoms with Crippen molar-refractivity contribution in [1.82, 2.24) is 16.0 Å². The molecule has 0 saturated carbocycles. The molecule has 31 heavy (non-hydrogen) atoms. The minimum absolute atomic E-state index is 0.0734. The summed E-state index contributed by atoms with van der Waals surface area (Å²) in [7, 11) is 0. The molecule has 0 bridgehead atoms. The molecule has 0 rings (SSSR count). The second-order valence-corrected chi connectivity index (χ2v) is 7.34. The number of guanidine groups is 1. The molecule has 5 atom stereocenters. The SMILES string of the molecule is CC(O)C(NC(=O)C(CS)NC(=O)C(CS)NC(=O)C(N)CCCN=C(N)N)C(=O)O. The number of hydrogen-bond donors (Lipinski definition) is 10. The topological polar surface area (TPSA) is 235 Å². The van der Waals surface area contributed by atoms with Gasteiger partial charge in [0.1, 0.15) is 12.1 Å². The van der Waals surface area contributed by atoms with Gasteiger partial charge < -0.3 is 43.4 Å². The van der Waals surface area contributed by atoms with Crippen LogP contribution in [0.3, 0.4) is 0 Å². The largest absolute Gasteiger partial charge is 0.480 e. The van der Waals surface area contributed by atoms with E-state index in [0.717, 1.165) is 0 Å². The van der Waals surface area contributed by atoms with E-state index in [1.54, 1.807) is 0 Å². The first-order valence-corrected chi connectivity index (χ1v) is 10.6. The monoisotopic (exact) mass is 481 g/mol. The van der Waals surface area contributed by atoms with E-state index in [0.29, 0.717) is 13.0 Å². The van der Waals surface area contributed by atoms with E-state index in [2.05, 4.69) is 46.2 Å². The molecule has 0 aromatic carbocycles. The first-order chi connectivity index (χ1) is 14.4. The lowest BCUT2D eigenvalue weighted by Gasteiger charge is -2.24. The lowest BCUT2D eigenvalue weighted by atomic mass is 10.1. The maximum Gasteiger partial charge on any atom is 0.328 e. The van der Waals surface area contributed by atoms with Crippen molar-refractivity contribution >= 4 is 54.9 Å². The molecular formula is C16H31N7O6S2. The number of carboxylic acid groups (broad SMARTS) is 1. The second-order valence-electron chi connectivity index (χ2n) is 6.61. The average molecular weight is 482 g/mol. The number of nitrogens with one attached hydrogen (secondary N) is 3. The normalized spacial score (nSPS) is 15.5. The second kappa shape index (κ2) is 14.7. The molecule has 0 saturated heterocycles. The van der Waals surface area contributed by atoms with Crippen molar-refractivity contribution in [3.63, 3.8) is 0 Å². The summed E-state index contributed by atoms with van der Waals surface area (Å²) in [6.45, 7) is 1.49. The number of thiol groups is 2. The van der Waals surface area contributed by atoms with E-state index >= 15 is 0 Å². The number of aliphatic carboxylic acids is 1. The quantitative estimate of drug-likeness (QED) is 0.0505. The minimum atomic E-state index is -1.57. The van der Waals surface area contributed by atoms with Gasteiger partial charge in [-0.15, -0.1) is 0 Å². The molecule has 0 aromatic rings. The molecule has 0 aliphatic heterocycles. The fourth-order valence-corrected chi connectivity index (χ4v) is 2.75. The number of carbonyl (C=O) groups is 4. The Morgan fingerprint density at radius 2 is 1.45 bits per heavy atom. The first kappa shape index (κ1) is 28.8. The lowest BCUT2D eigenvalue weighted by Crippen LogP contribution is -2.59. The zero-order chi connectivity index (χ0) is 24.1. The van der Waals surface area contributed by atoms with Gasteiger partial charge in [0, 0.05) is 18.1 Å². The Labute approximate surface area is 190 Å². The van der Waals surface area contributed by atoms with Gasteiger partial charge in [-0.1, -0.05) is 0 Å². The van der Waals surface area contributed by atoms with E-state index in [4.69, 9.17) is 22.3 Å². The molecule has 0 spiro atoms. The van der Waals surface area contributed by atoms with Crippen LogP contribution in [0.5, 0.6) is 0 Å². The van der Waals surface area contributed by atoms with Crippen molar-refractivity contribution in [1.29, 1.82) is 0 Å². The highest BCUT2D eigenvalue weighted by atomic mass is 32.1. The van der Waals surface area contributed by atoms with Gasteiger partial charge in [0.05, 0.1) is 12.1 Å². The van der Waals surface area contributed by atoms with Gasteiger partial charge in [-0.05, 0) is 19.8 Å². The van der Waals surface area contributed by atoms with Crippen molar-refractivity contribution in [2.24, 2.45) is 22.2 Å². The number of aliphatic imine (C=N–C) groups is 1. The molecule has 11 N–H and O–H groups in total. The maximum atomic E-state index is 12.5. The summed E-state index contributed by atoms with van der Waals surface area (Å²) >= 11 is 8.00. The Morgan fingerprint density at radius 3 is 1.87 bits per heavy atom. The molecule has 0 heterocycles. The molecule has 0 fully saturated rings. The number of nitrogens with zero attached hydrogens (tertiary/aromatic N) is 1. The molecular weight excluding hydrogens is 450 g/mol. The summed E-state index contributed by atoms with van der Waals surface area (Å²) in [5.74, 6) is -3.98. The standard InChI is InChI=1S/C16H31N7O6S2/c1-7(24)11(15(28)29)23-14(27)10(6-31)22-13(26)9(5-30)21-12(25)8(17)3-2-4-20-16(18)19/h7-11,24,30-31H,2-6,17H2,1H3,(H,21,25)(H,22,26)(H,23,27)(H,28,29)(H4,18,19,20). The van der Waals surface area contributed by atoms with Gasteiger partial charge in [-0.3, -0.25) is 19.4 Å². The van der Waals surface area contributed by atoms with E-state index in [1.165, 1.54) is 6.92 Å². The summed E-state index contributed by atoms with van der Waals surface area (Å²) in [5.41, 5.74) is 16.2. The molecule has 13 nitrogen and oxygen atoms in total. The van der Waals surface area contributed by atoms with E-state index in [-0.39, 0.29) is 23.9 Å². The molecule has 3 amide bonds. The fraction of sp³-hybridized carbons (Fsp3) is 0.688. The molecule has 5 unspecified atom stereocenters. The lowest BCUT2D eigenvalue weighted by molar-refractivity contribution is -0.145.